The van der Waals surface area contributed by atoms with Gasteiger partial charge in [0.25, 0.3) is 5.91 Å². The number of aryl methyl sites for hydroxylation is 1. The van der Waals surface area contributed by atoms with Gasteiger partial charge in [0.05, 0.1) is 29.0 Å². The van der Waals surface area contributed by atoms with Crippen LogP contribution in [-0.4, -0.2) is 30.1 Å². The Kier molecular flexibility index (Phi) is 5.34. The fourth-order valence-electron chi connectivity index (χ4n) is 4.42. The molecule has 2 amide bonds. The summed E-state index contributed by atoms with van der Waals surface area (Å²) in [5.74, 6) is -1.30. The van der Waals surface area contributed by atoms with E-state index < -0.39 is 24.0 Å². The number of rotatable bonds is 4. The summed E-state index contributed by atoms with van der Waals surface area (Å²) >= 11 is 3.36. The molecule has 8 heteroatoms. The van der Waals surface area contributed by atoms with Gasteiger partial charge in [-0.05, 0) is 64.8 Å². The zero-order valence-corrected chi connectivity index (χ0v) is 19.5. The van der Waals surface area contributed by atoms with Gasteiger partial charge in [0.1, 0.15) is 5.92 Å². The van der Waals surface area contributed by atoms with Gasteiger partial charge in [0.2, 0.25) is 5.91 Å². The molecule has 1 N–H and O–H groups in total. The zero-order chi connectivity index (χ0) is 23.3. The number of aromatic hydroxyl groups is 1. The van der Waals surface area contributed by atoms with Crippen LogP contribution >= 0.6 is 15.9 Å². The van der Waals surface area contributed by atoms with Crippen molar-refractivity contribution in [3.05, 3.63) is 82.3 Å². The van der Waals surface area contributed by atoms with E-state index in [9.17, 15) is 14.7 Å². The number of para-hydroxylation sites is 1. The lowest BCUT2D eigenvalue weighted by Gasteiger charge is -2.29. The number of hydroxylamine groups is 1. The Balaban J connectivity index is 1.62. The van der Waals surface area contributed by atoms with Crippen molar-refractivity contribution in [1.82, 2.24) is 0 Å². The Morgan fingerprint density at radius 1 is 0.970 bits per heavy atom. The second-order valence-electron chi connectivity index (χ2n) is 8.06. The molecule has 33 heavy (non-hydrogen) atoms. The van der Waals surface area contributed by atoms with Crippen LogP contribution in [0.1, 0.15) is 17.2 Å². The minimum Gasteiger partial charge on any atom is -0.503 e. The number of anilines is 2. The lowest BCUT2D eigenvalue weighted by Crippen LogP contribution is -2.37. The van der Waals surface area contributed by atoms with Gasteiger partial charge in [-0.25, -0.2) is 9.96 Å². The highest BCUT2D eigenvalue weighted by Gasteiger charge is 2.60. The van der Waals surface area contributed by atoms with Gasteiger partial charge in [-0.1, -0.05) is 35.9 Å². The van der Waals surface area contributed by atoms with E-state index in [1.165, 1.54) is 12.0 Å². The number of ether oxygens (including phenoxy) is 1. The molecule has 0 radical (unpaired) electrons. The number of halogens is 1. The summed E-state index contributed by atoms with van der Waals surface area (Å²) in [6.07, 6.45) is -0.970. The number of hydrogen-bond acceptors (Lipinski definition) is 6. The third-order valence-electron chi connectivity index (χ3n) is 6.03. The largest absolute Gasteiger partial charge is 0.503 e. The molecule has 3 aromatic rings. The molecule has 2 aliphatic rings. The Morgan fingerprint density at radius 3 is 2.33 bits per heavy atom. The van der Waals surface area contributed by atoms with Gasteiger partial charge >= 0.3 is 0 Å². The smallest absolute Gasteiger partial charge is 0.266 e. The standard InChI is InChI=1S/C25H21BrN2O5/c1-14-8-10-16(11-9-14)27-24(30)20-21(15-12-18(26)22(29)19(13-15)32-2)28(33-23(20)25(27)31)17-6-4-3-5-7-17/h3-13,20-21,23,29H,1-2H3/t20-,21+,23+/m1/s1. The Hall–Kier alpha value is -3.36. The van der Waals surface area contributed by atoms with Crippen LogP contribution in [0.15, 0.2) is 71.2 Å². The molecule has 0 bridgehead atoms. The number of phenolic OH excluding ortho intramolecular Hbond substituents is 1. The van der Waals surface area contributed by atoms with Gasteiger partial charge in [0, 0.05) is 0 Å². The molecule has 3 atom stereocenters. The number of nitrogens with zero attached hydrogens (tertiary/aromatic N) is 2. The molecule has 7 nitrogen and oxygen atoms in total. The number of benzene rings is 3. The third kappa shape index (κ3) is 3.46. The number of fused-ring (bicyclic) bond motifs is 1. The molecule has 5 rings (SSSR count). The number of phenols is 1. The molecule has 2 saturated heterocycles. The van der Waals surface area contributed by atoms with E-state index >= 15 is 0 Å². The van der Waals surface area contributed by atoms with Gasteiger partial charge in [-0.3, -0.25) is 14.4 Å². The molecule has 168 valence electrons. The number of methoxy groups -OCH3 is 1. The number of carbonyl (C=O) groups excluding carboxylic acids is 2. The summed E-state index contributed by atoms with van der Waals surface area (Å²) in [6.45, 7) is 1.94. The SMILES string of the molecule is COc1cc([C@H]2[C@H]3C(=O)N(c4ccc(C)cc4)C(=O)[C@H]3ON2c2ccccc2)cc(Br)c1O. The lowest BCUT2D eigenvalue weighted by molar-refractivity contribution is -0.126. The topological polar surface area (TPSA) is 79.3 Å². The Labute approximate surface area is 199 Å². The van der Waals surface area contributed by atoms with E-state index in [1.54, 1.807) is 29.3 Å². The van der Waals surface area contributed by atoms with Crippen molar-refractivity contribution >= 4 is 39.1 Å². The maximum atomic E-state index is 13.7. The molecule has 2 heterocycles. The van der Waals surface area contributed by atoms with Crippen LogP contribution in [0.2, 0.25) is 0 Å². The lowest BCUT2D eigenvalue weighted by atomic mass is 9.90. The molecule has 2 aliphatic heterocycles. The van der Waals surface area contributed by atoms with E-state index in [4.69, 9.17) is 9.57 Å². The molecule has 2 fully saturated rings. The van der Waals surface area contributed by atoms with Crippen molar-refractivity contribution in [3.63, 3.8) is 0 Å². The summed E-state index contributed by atoms with van der Waals surface area (Å²) in [6, 6.07) is 19.3. The molecule has 0 spiro atoms. The highest BCUT2D eigenvalue weighted by molar-refractivity contribution is 9.10. The predicted molar refractivity (Wildman–Crippen MR) is 126 cm³/mol. The quantitative estimate of drug-likeness (QED) is 0.521. The Morgan fingerprint density at radius 2 is 1.67 bits per heavy atom. The summed E-state index contributed by atoms with van der Waals surface area (Å²) in [7, 11) is 1.46. The minimum atomic E-state index is -0.970. The predicted octanol–water partition coefficient (Wildman–Crippen LogP) is 4.52. The van der Waals surface area contributed by atoms with Crippen LogP contribution in [0.5, 0.6) is 11.5 Å². The number of imide groups is 1. The average Bonchev–Trinajstić information content (AvgIpc) is 3.33. The van der Waals surface area contributed by atoms with Gasteiger partial charge in [-0.15, -0.1) is 0 Å². The van der Waals surface area contributed by atoms with E-state index in [-0.39, 0.29) is 17.4 Å². The van der Waals surface area contributed by atoms with E-state index in [0.717, 1.165) is 5.56 Å². The maximum absolute atomic E-state index is 13.7. The van der Waals surface area contributed by atoms with Crippen LogP contribution in [0.4, 0.5) is 11.4 Å². The third-order valence-corrected chi connectivity index (χ3v) is 6.63. The monoisotopic (exact) mass is 508 g/mol. The fraction of sp³-hybridized carbons (Fsp3) is 0.200. The molecule has 3 aromatic carbocycles. The molecular weight excluding hydrogens is 488 g/mol. The summed E-state index contributed by atoms with van der Waals surface area (Å²) in [5.41, 5.74) is 2.92. The number of carbonyl (C=O) groups is 2. The van der Waals surface area contributed by atoms with Gasteiger partial charge in [-0.2, -0.15) is 0 Å². The van der Waals surface area contributed by atoms with Crippen LogP contribution in [0.25, 0.3) is 0 Å². The molecule has 0 saturated carbocycles. The second-order valence-corrected chi connectivity index (χ2v) is 8.91. The first-order valence-electron chi connectivity index (χ1n) is 10.4. The fourth-order valence-corrected chi connectivity index (χ4v) is 4.88. The minimum absolute atomic E-state index is 0.0434. The highest BCUT2D eigenvalue weighted by atomic mass is 79.9. The van der Waals surface area contributed by atoms with E-state index in [2.05, 4.69) is 15.9 Å². The van der Waals surface area contributed by atoms with Crippen molar-refractivity contribution in [3.8, 4) is 11.5 Å². The summed E-state index contributed by atoms with van der Waals surface area (Å²) < 4.78 is 5.74. The first kappa shape index (κ1) is 21.5. The Bertz CT molecular complexity index is 1230. The normalized spacial score (nSPS) is 22.1. The maximum Gasteiger partial charge on any atom is 0.266 e. The first-order valence-corrected chi connectivity index (χ1v) is 11.2. The van der Waals surface area contributed by atoms with Crippen molar-refractivity contribution in [2.45, 2.75) is 19.1 Å². The van der Waals surface area contributed by atoms with E-state index in [1.807, 2.05) is 49.4 Å². The molecule has 0 aliphatic carbocycles. The molecule has 0 unspecified atom stereocenters. The number of amides is 2. The summed E-state index contributed by atoms with van der Waals surface area (Å²) in [5, 5.41) is 11.9. The summed E-state index contributed by atoms with van der Waals surface area (Å²) in [4.78, 5) is 34.4. The first-order chi connectivity index (χ1) is 15.9. The van der Waals surface area contributed by atoms with Gasteiger partial charge < -0.3 is 9.84 Å². The van der Waals surface area contributed by atoms with E-state index in [0.29, 0.717) is 21.4 Å². The van der Waals surface area contributed by atoms with Gasteiger partial charge in [0.15, 0.2) is 17.6 Å². The van der Waals surface area contributed by atoms with Crippen LogP contribution < -0.4 is 14.7 Å². The van der Waals surface area contributed by atoms with Crippen molar-refractivity contribution in [2.75, 3.05) is 17.1 Å². The number of hydrogen-bond donors (Lipinski definition) is 1. The van der Waals surface area contributed by atoms with Crippen LogP contribution in [0, 0.1) is 12.8 Å². The molecule has 0 aromatic heterocycles. The molecular formula is C25H21BrN2O5. The van der Waals surface area contributed by atoms with Crippen LogP contribution in [0.3, 0.4) is 0 Å². The van der Waals surface area contributed by atoms with Crippen LogP contribution in [-0.2, 0) is 14.4 Å². The van der Waals surface area contributed by atoms with Crippen molar-refractivity contribution in [2.24, 2.45) is 5.92 Å². The van der Waals surface area contributed by atoms with Crippen molar-refractivity contribution in [1.29, 1.82) is 0 Å². The average molecular weight is 509 g/mol. The second kappa shape index (κ2) is 8.20. The highest BCUT2D eigenvalue weighted by Crippen LogP contribution is 2.49. The van der Waals surface area contributed by atoms with Crippen molar-refractivity contribution < 1.29 is 24.3 Å². The zero-order valence-electron chi connectivity index (χ0n) is 17.9.